The molecular weight excluding hydrogens is 467 g/mol. The summed E-state index contributed by atoms with van der Waals surface area (Å²) in [7, 11) is 1.56. The lowest BCUT2D eigenvalue weighted by Gasteiger charge is -2.16. The van der Waals surface area contributed by atoms with Crippen LogP contribution in [0.2, 0.25) is 0 Å². The molecule has 0 radical (unpaired) electrons. The highest BCUT2D eigenvalue weighted by Crippen LogP contribution is 2.35. The van der Waals surface area contributed by atoms with E-state index in [4.69, 9.17) is 9.47 Å². The molecule has 0 unspecified atom stereocenters. The number of nitrogens with zero attached hydrogens (tertiary/aromatic N) is 1. The Morgan fingerprint density at radius 2 is 1.89 bits per heavy atom. The average molecular weight is 490 g/mol. The maximum absolute atomic E-state index is 12.6. The van der Waals surface area contributed by atoms with Crippen molar-refractivity contribution in [3.8, 4) is 17.6 Å². The summed E-state index contributed by atoms with van der Waals surface area (Å²) in [6, 6.07) is 15.0. The number of nitriles is 1. The maximum Gasteiger partial charge on any atom is 0.262 e. The number of amides is 1. The van der Waals surface area contributed by atoms with Gasteiger partial charge in [0.15, 0.2) is 11.5 Å². The lowest BCUT2D eigenvalue weighted by atomic mass is 10.1. The molecule has 0 aromatic heterocycles. The molecule has 0 fully saturated rings. The van der Waals surface area contributed by atoms with Gasteiger partial charge in [0, 0.05) is 0 Å². The van der Waals surface area contributed by atoms with Crippen molar-refractivity contribution in [2.45, 2.75) is 32.9 Å². The third kappa shape index (κ3) is 5.73. The third-order valence-corrected chi connectivity index (χ3v) is 4.73. The van der Waals surface area contributed by atoms with E-state index in [2.05, 4.69) is 27.9 Å². The highest BCUT2D eigenvalue weighted by atomic mass is 127. The lowest BCUT2D eigenvalue weighted by Crippen LogP contribution is -2.27. The number of carbonyl (C=O) groups is 1. The van der Waals surface area contributed by atoms with Crippen LogP contribution in [0, 0.1) is 14.9 Å². The number of carbonyl (C=O) groups excluding carboxylic acids is 1. The lowest BCUT2D eigenvalue weighted by molar-refractivity contribution is -0.117. The van der Waals surface area contributed by atoms with Crippen molar-refractivity contribution in [3.05, 3.63) is 62.7 Å². The zero-order chi connectivity index (χ0) is 20.7. The molecule has 1 N–H and O–H groups in total. The Morgan fingerprint density at radius 3 is 2.46 bits per heavy atom. The van der Waals surface area contributed by atoms with Gasteiger partial charge in [0.25, 0.3) is 5.91 Å². The Hall–Kier alpha value is -2.53. The van der Waals surface area contributed by atoms with Crippen molar-refractivity contribution in [3.63, 3.8) is 0 Å². The van der Waals surface area contributed by atoms with E-state index in [9.17, 15) is 10.1 Å². The fourth-order valence-electron chi connectivity index (χ4n) is 2.59. The molecule has 6 heteroatoms. The van der Waals surface area contributed by atoms with E-state index in [1.807, 2.05) is 63.2 Å². The molecule has 0 aliphatic carbocycles. The summed E-state index contributed by atoms with van der Waals surface area (Å²) in [4.78, 5) is 12.6. The Kier molecular flexibility index (Phi) is 7.88. The van der Waals surface area contributed by atoms with Crippen molar-refractivity contribution >= 4 is 34.6 Å². The quantitative estimate of drug-likeness (QED) is 0.342. The summed E-state index contributed by atoms with van der Waals surface area (Å²) in [5.41, 5.74) is 1.69. The van der Waals surface area contributed by atoms with E-state index in [-0.39, 0.29) is 17.7 Å². The fourth-order valence-corrected chi connectivity index (χ4v) is 3.34. The second-order valence-corrected chi connectivity index (χ2v) is 7.64. The second kappa shape index (κ2) is 10.1. The molecule has 1 atom stereocenters. The molecule has 2 aromatic carbocycles. The number of halogens is 1. The molecule has 0 heterocycles. The van der Waals surface area contributed by atoms with E-state index in [0.29, 0.717) is 17.1 Å². The topological polar surface area (TPSA) is 71.3 Å². The number of benzene rings is 2. The predicted octanol–water partition coefficient (Wildman–Crippen LogP) is 4.87. The SMILES string of the molecule is COc1cc(/C=C(/C#N)C(=O)N[C@@H](C)c2ccccc2)cc(I)c1OC(C)C. The highest BCUT2D eigenvalue weighted by molar-refractivity contribution is 14.1. The summed E-state index contributed by atoms with van der Waals surface area (Å²) < 4.78 is 12.1. The number of ether oxygens (including phenoxy) is 2. The van der Waals surface area contributed by atoms with Crippen molar-refractivity contribution < 1.29 is 14.3 Å². The van der Waals surface area contributed by atoms with Crippen molar-refractivity contribution in [2.24, 2.45) is 0 Å². The van der Waals surface area contributed by atoms with Gasteiger partial charge in [-0.2, -0.15) is 5.26 Å². The minimum absolute atomic E-state index is 0.00345. The van der Waals surface area contributed by atoms with Gasteiger partial charge in [0.1, 0.15) is 11.6 Å². The average Bonchev–Trinajstić information content (AvgIpc) is 2.68. The van der Waals surface area contributed by atoms with Crippen LogP contribution in [0.4, 0.5) is 0 Å². The van der Waals surface area contributed by atoms with Crippen LogP contribution in [0.15, 0.2) is 48.0 Å². The van der Waals surface area contributed by atoms with E-state index in [1.54, 1.807) is 19.3 Å². The summed E-state index contributed by atoms with van der Waals surface area (Å²) in [5.74, 6) is 0.786. The minimum atomic E-state index is -0.421. The standard InChI is InChI=1S/C22H23IN2O3/c1-14(2)28-21-19(23)11-16(12-20(21)27-4)10-18(13-24)22(26)25-15(3)17-8-6-5-7-9-17/h5-12,14-15H,1-4H3,(H,25,26)/b18-10-/t15-/m0/s1. The summed E-state index contributed by atoms with van der Waals surface area (Å²) >= 11 is 2.15. The zero-order valence-corrected chi connectivity index (χ0v) is 18.5. The molecule has 2 rings (SSSR count). The molecule has 28 heavy (non-hydrogen) atoms. The molecule has 0 saturated heterocycles. The normalized spacial score (nSPS) is 12.2. The minimum Gasteiger partial charge on any atom is -0.493 e. The van der Waals surface area contributed by atoms with Crippen molar-refractivity contribution in [2.75, 3.05) is 7.11 Å². The number of methoxy groups -OCH3 is 1. The van der Waals surface area contributed by atoms with Crippen LogP contribution < -0.4 is 14.8 Å². The number of nitrogens with one attached hydrogen (secondary N) is 1. The Bertz CT molecular complexity index is 902. The Morgan fingerprint density at radius 1 is 1.21 bits per heavy atom. The summed E-state index contributed by atoms with van der Waals surface area (Å²) in [5, 5.41) is 12.3. The molecule has 2 aromatic rings. The van der Waals surface area contributed by atoms with E-state index in [1.165, 1.54) is 0 Å². The van der Waals surface area contributed by atoms with Crippen LogP contribution in [0.5, 0.6) is 11.5 Å². The first-order chi connectivity index (χ1) is 13.3. The number of hydrogen-bond acceptors (Lipinski definition) is 4. The largest absolute Gasteiger partial charge is 0.493 e. The van der Waals surface area contributed by atoms with Crippen LogP contribution in [-0.4, -0.2) is 19.1 Å². The predicted molar refractivity (Wildman–Crippen MR) is 118 cm³/mol. The van der Waals surface area contributed by atoms with Gasteiger partial charge in [-0.3, -0.25) is 4.79 Å². The molecule has 0 aliphatic heterocycles. The van der Waals surface area contributed by atoms with Gasteiger partial charge in [-0.25, -0.2) is 0 Å². The van der Waals surface area contributed by atoms with Crippen LogP contribution in [0.25, 0.3) is 6.08 Å². The van der Waals surface area contributed by atoms with Crippen LogP contribution in [0.1, 0.15) is 37.9 Å². The number of rotatable bonds is 7. The highest BCUT2D eigenvalue weighted by Gasteiger charge is 2.16. The summed E-state index contributed by atoms with van der Waals surface area (Å²) in [6.07, 6.45) is 1.56. The van der Waals surface area contributed by atoms with Crippen LogP contribution in [0.3, 0.4) is 0 Å². The fraction of sp³-hybridized carbons (Fsp3) is 0.273. The van der Waals surface area contributed by atoms with Gasteiger partial charge < -0.3 is 14.8 Å². The van der Waals surface area contributed by atoms with Crippen molar-refractivity contribution in [1.82, 2.24) is 5.32 Å². The van der Waals surface area contributed by atoms with Gasteiger partial charge in [0.2, 0.25) is 0 Å². The first-order valence-electron chi connectivity index (χ1n) is 8.87. The van der Waals surface area contributed by atoms with Crippen molar-refractivity contribution in [1.29, 1.82) is 5.26 Å². The molecule has 1 amide bonds. The Balaban J connectivity index is 2.27. The first-order valence-corrected chi connectivity index (χ1v) is 9.95. The molecule has 0 bridgehead atoms. The first kappa shape index (κ1) is 21.8. The Labute approximate surface area is 179 Å². The smallest absolute Gasteiger partial charge is 0.262 e. The summed E-state index contributed by atoms with van der Waals surface area (Å²) in [6.45, 7) is 5.76. The third-order valence-electron chi connectivity index (χ3n) is 3.93. The van der Waals surface area contributed by atoms with Gasteiger partial charge in [-0.15, -0.1) is 0 Å². The zero-order valence-electron chi connectivity index (χ0n) is 16.3. The molecular formula is C22H23IN2O3. The maximum atomic E-state index is 12.6. The van der Waals surface area contributed by atoms with E-state index < -0.39 is 5.91 Å². The second-order valence-electron chi connectivity index (χ2n) is 6.48. The molecule has 5 nitrogen and oxygen atoms in total. The van der Waals surface area contributed by atoms with Gasteiger partial charge >= 0.3 is 0 Å². The monoisotopic (exact) mass is 490 g/mol. The van der Waals surface area contributed by atoms with E-state index >= 15 is 0 Å². The van der Waals surface area contributed by atoms with Crippen LogP contribution >= 0.6 is 22.6 Å². The van der Waals surface area contributed by atoms with E-state index in [0.717, 1.165) is 9.13 Å². The molecule has 0 saturated carbocycles. The molecule has 146 valence electrons. The number of hydrogen-bond donors (Lipinski definition) is 1. The van der Waals surface area contributed by atoms with Gasteiger partial charge in [-0.05, 0) is 72.7 Å². The van der Waals surface area contributed by atoms with Gasteiger partial charge in [0.05, 0.1) is 22.8 Å². The molecule has 0 aliphatic rings. The van der Waals surface area contributed by atoms with Gasteiger partial charge in [-0.1, -0.05) is 30.3 Å². The molecule has 0 spiro atoms. The van der Waals surface area contributed by atoms with Crippen LogP contribution in [-0.2, 0) is 4.79 Å².